The Hall–Kier alpha value is -4.77. The van der Waals surface area contributed by atoms with Crippen molar-refractivity contribution in [2.75, 3.05) is 19.0 Å². The Bertz CT molecular complexity index is 1570. The zero-order chi connectivity index (χ0) is 28.4. The van der Waals surface area contributed by atoms with Gasteiger partial charge >= 0.3 is 0 Å². The molecule has 3 heterocycles. The number of methoxy groups -OCH3 is 1. The van der Waals surface area contributed by atoms with Crippen molar-refractivity contribution in [1.29, 1.82) is 0 Å². The zero-order valence-electron chi connectivity index (χ0n) is 22.2. The van der Waals surface area contributed by atoms with Crippen LogP contribution in [0, 0.1) is 24.0 Å². The van der Waals surface area contributed by atoms with Crippen LogP contribution in [0.4, 0.5) is 11.4 Å². The smallest absolute Gasteiger partial charge is 0.273 e. The zero-order valence-corrected chi connectivity index (χ0v) is 23.0. The predicted octanol–water partition coefficient (Wildman–Crippen LogP) is 5.02. The third kappa shape index (κ3) is 5.10. The number of amides is 1. The topological polar surface area (TPSA) is 115 Å². The summed E-state index contributed by atoms with van der Waals surface area (Å²) in [5.74, 6) is 0.177. The molecule has 2 unspecified atom stereocenters. The van der Waals surface area contributed by atoms with Gasteiger partial charge in [0, 0.05) is 29.3 Å². The summed E-state index contributed by atoms with van der Waals surface area (Å²) in [7, 11) is 1.49. The number of carbonyl (C=O) groups is 1. The van der Waals surface area contributed by atoms with Gasteiger partial charge in [0.1, 0.15) is 12.3 Å². The van der Waals surface area contributed by atoms with Gasteiger partial charge in [0.2, 0.25) is 5.91 Å². The summed E-state index contributed by atoms with van der Waals surface area (Å²) >= 11 is 5.75. The van der Waals surface area contributed by atoms with Crippen molar-refractivity contribution in [3.05, 3.63) is 112 Å². The quantitative estimate of drug-likeness (QED) is 0.177. The summed E-state index contributed by atoms with van der Waals surface area (Å²) in [6.45, 7) is 3.96. The Morgan fingerprint density at radius 1 is 1.12 bits per heavy atom. The molecule has 2 aromatic carbocycles. The number of thiocarbonyl (C=S) groups is 1. The van der Waals surface area contributed by atoms with E-state index in [2.05, 4.69) is 21.7 Å². The molecule has 10 nitrogen and oxygen atoms in total. The number of pyridine rings is 1. The van der Waals surface area contributed by atoms with Crippen LogP contribution in [-0.2, 0) is 4.79 Å². The second-order valence-electron chi connectivity index (χ2n) is 9.44. The summed E-state index contributed by atoms with van der Waals surface area (Å²) in [6.07, 6.45) is 1.73. The first-order valence-electron chi connectivity index (χ1n) is 12.6. The van der Waals surface area contributed by atoms with Gasteiger partial charge in [-0.15, -0.1) is 0 Å². The van der Waals surface area contributed by atoms with Crippen LogP contribution in [0.2, 0.25) is 0 Å². The SMILES string of the molecule is COc1cc([N+](=O)[O-])ccc1-n1c(C)cc(C2C(c3ccccn3)NC(=S)N2CC(=O)Nc2ccccc2)c1C. The van der Waals surface area contributed by atoms with Gasteiger partial charge in [-0.3, -0.25) is 19.9 Å². The van der Waals surface area contributed by atoms with Crippen molar-refractivity contribution in [3.8, 4) is 11.4 Å². The van der Waals surface area contributed by atoms with Crippen molar-refractivity contribution >= 4 is 34.6 Å². The van der Waals surface area contributed by atoms with Crippen LogP contribution in [0.1, 0.15) is 34.7 Å². The minimum Gasteiger partial charge on any atom is -0.494 e. The number of anilines is 1. The first kappa shape index (κ1) is 26.8. The maximum Gasteiger partial charge on any atom is 0.273 e. The van der Waals surface area contributed by atoms with Crippen LogP contribution >= 0.6 is 12.2 Å². The Labute approximate surface area is 236 Å². The molecule has 1 saturated heterocycles. The van der Waals surface area contributed by atoms with Gasteiger partial charge in [-0.25, -0.2) is 0 Å². The number of hydrogen-bond donors (Lipinski definition) is 2. The predicted molar refractivity (Wildman–Crippen MR) is 156 cm³/mol. The molecule has 2 aromatic heterocycles. The van der Waals surface area contributed by atoms with Crippen LogP contribution < -0.4 is 15.4 Å². The summed E-state index contributed by atoms with van der Waals surface area (Å²) in [4.78, 5) is 30.5. The molecule has 0 spiro atoms. The first-order valence-corrected chi connectivity index (χ1v) is 13.0. The number of aromatic nitrogens is 2. The average Bonchev–Trinajstić information content (AvgIpc) is 3.43. The second kappa shape index (κ2) is 11.1. The van der Waals surface area contributed by atoms with Gasteiger partial charge in [0.25, 0.3) is 5.69 Å². The van der Waals surface area contributed by atoms with Crippen LogP contribution in [0.3, 0.4) is 0 Å². The summed E-state index contributed by atoms with van der Waals surface area (Å²) < 4.78 is 7.54. The molecule has 4 aromatic rings. The Morgan fingerprint density at radius 2 is 1.88 bits per heavy atom. The van der Waals surface area contributed by atoms with Gasteiger partial charge < -0.3 is 24.8 Å². The van der Waals surface area contributed by atoms with Gasteiger partial charge in [-0.1, -0.05) is 24.3 Å². The number of nitrogens with one attached hydrogen (secondary N) is 2. The van der Waals surface area contributed by atoms with Crippen molar-refractivity contribution in [3.63, 3.8) is 0 Å². The number of benzene rings is 2. The summed E-state index contributed by atoms with van der Waals surface area (Å²) in [5.41, 5.74) is 4.82. The lowest BCUT2D eigenvalue weighted by Gasteiger charge is -2.27. The highest BCUT2D eigenvalue weighted by atomic mass is 32.1. The van der Waals surface area contributed by atoms with Gasteiger partial charge in [0.05, 0.1) is 41.6 Å². The fraction of sp³-hybridized carbons (Fsp3) is 0.207. The number of nitro benzene ring substituents is 1. The highest BCUT2D eigenvalue weighted by molar-refractivity contribution is 7.80. The lowest BCUT2D eigenvalue weighted by Crippen LogP contribution is -2.37. The van der Waals surface area contributed by atoms with E-state index in [1.54, 1.807) is 12.3 Å². The van der Waals surface area contributed by atoms with E-state index in [0.717, 1.165) is 22.6 Å². The number of nitro groups is 1. The second-order valence-corrected chi connectivity index (χ2v) is 9.83. The van der Waals surface area contributed by atoms with Crippen LogP contribution in [0.15, 0.2) is 79.0 Å². The Balaban J connectivity index is 1.57. The minimum atomic E-state index is -0.450. The number of non-ortho nitro benzene ring substituents is 1. The lowest BCUT2D eigenvalue weighted by molar-refractivity contribution is -0.384. The van der Waals surface area contributed by atoms with Crippen LogP contribution in [-0.4, -0.2) is 44.0 Å². The standard InChI is InChI=1S/C29H28N6O4S/c1-18-15-22(19(2)34(18)24-13-12-21(35(37)38)16-25(24)39-3)28-27(23-11-7-8-14-30-23)32-29(40)33(28)17-26(36)31-20-9-5-4-6-10-20/h4-16,27-28H,17H2,1-3H3,(H,31,36)(H,32,40). The molecular weight excluding hydrogens is 528 g/mol. The van der Waals surface area contributed by atoms with E-state index >= 15 is 0 Å². The fourth-order valence-corrected chi connectivity index (χ4v) is 5.52. The lowest BCUT2D eigenvalue weighted by atomic mass is 9.96. The normalized spacial score (nSPS) is 16.5. The van der Waals surface area contributed by atoms with Crippen LogP contribution in [0.25, 0.3) is 5.69 Å². The molecule has 1 fully saturated rings. The number of carbonyl (C=O) groups excluding carboxylic acids is 1. The maximum absolute atomic E-state index is 13.2. The minimum absolute atomic E-state index is 0.0270. The number of ether oxygens (including phenoxy) is 1. The molecule has 1 amide bonds. The molecule has 204 valence electrons. The third-order valence-corrected chi connectivity index (χ3v) is 7.33. The molecule has 1 aliphatic rings. The van der Waals surface area contributed by atoms with Gasteiger partial charge in [-0.2, -0.15) is 0 Å². The third-order valence-electron chi connectivity index (χ3n) is 6.97. The molecule has 1 aliphatic heterocycles. The number of hydrogen-bond acceptors (Lipinski definition) is 6. The van der Waals surface area contributed by atoms with E-state index < -0.39 is 4.92 Å². The van der Waals surface area contributed by atoms with E-state index in [1.807, 2.05) is 71.8 Å². The average molecular weight is 557 g/mol. The van der Waals surface area contributed by atoms with Crippen molar-refractivity contribution < 1.29 is 14.5 Å². The van der Waals surface area contributed by atoms with E-state index in [9.17, 15) is 14.9 Å². The largest absolute Gasteiger partial charge is 0.494 e. The highest BCUT2D eigenvalue weighted by Crippen LogP contribution is 2.42. The van der Waals surface area contributed by atoms with Crippen molar-refractivity contribution in [2.45, 2.75) is 25.9 Å². The van der Waals surface area contributed by atoms with Gasteiger partial charge in [-0.05, 0) is 68.0 Å². The van der Waals surface area contributed by atoms with E-state index in [0.29, 0.717) is 22.2 Å². The summed E-state index contributed by atoms with van der Waals surface area (Å²) in [6, 6.07) is 20.9. The Kier molecular flexibility index (Phi) is 7.47. The molecule has 0 saturated carbocycles. The fourth-order valence-electron chi connectivity index (χ4n) is 5.21. The van der Waals surface area contributed by atoms with E-state index in [-0.39, 0.29) is 30.2 Å². The number of para-hydroxylation sites is 1. The number of aryl methyl sites for hydroxylation is 1. The molecule has 40 heavy (non-hydrogen) atoms. The molecule has 0 bridgehead atoms. The first-order chi connectivity index (χ1) is 19.3. The molecule has 2 N–H and O–H groups in total. The van der Waals surface area contributed by atoms with Crippen LogP contribution in [0.5, 0.6) is 5.75 Å². The van der Waals surface area contributed by atoms with Gasteiger partial charge in [0.15, 0.2) is 5.11 Å². The van der Waals surface area contributed by atoms with Crippen molar-refractivity contribution in [1.82, 2.24) is 19.8 Å². The van der Waals surface area contributed by atoms with E-state index in [4.69, 9.17) is 17.0 Å². The molecule has 5 rings (SSSR count). The highest BCUT2D eigenvalue weighted by Gasteiger charge is 2.42. The maximum atomic E-state index is 13.2. The molecule has 11 heteroatoms. The van der Waals surface area contributed by atoms with E-state index in [1.165, 1.54) is 19.2 Å². The van der Waals surface area contributed by atoms with Crippen molar-refractivity contribution in [2.24, 2.45) is 0 Å². The molecule has 2 atom stereocenters. The monoisotopic (exact) mass is 556 g/mol. The number of nitrogens with zero attached hydrogens (tertiary/aromatic N) is 4. The molecule has 0 aliphatic carbocycles. The Morgan fingerprint density at radius 3 is 2.55 bits per heavy atom. The number of rotatable bonds is 8. The summed E-state index contributed by atoms with van der Waals surface area (Å²) in [5, 5.41) is 18.1. The molecular formula is C29H28N6O4S. The molecule has 0 radical (unpaired) electrons.